The fourth-order valence-electron chi connectivity index (χ4n) is 3.99. The average molecular weight is 435 g/mol. The highest BCUT2D eigenvalue weighted by Gasteiger charge is 2.38. The van der Waals surface area contributed by atoms with Gasteiger partial charge in [-0.2, -0.15) is 0 Å². The van der Waals surface area contributed by atoms with E-state index in [1.165, 1.54) is 12.8 Å². The quantitative estimate of drug-likeness (QED) is 0.473. The summed E-state index contributed by atoms with van der Waals surface area (Å²) in [5, 5.41) is 4.38. The third-order valence-electron chi connectivity index (χ3n) is 5.93. The fraction of sp³-hybridized carbons (Fsp3) is 0.385. The Kier molecular flexibility index (Phi) is 5.47. The van der Waals surface area contributed by atoms with Crippen LogP contribution in [-0.4, -0.2) is 20.1 Å². The summed E-state index contributed by atoms with van der Waals surface area (Å²) < 4.78 is 2.07. The maximum Gasteiger partial charge on any atom is 0.139 e. The van der Waals surface area contributed by atoms with E-state index in [-0.39, 0.29) is 11.0 Å². The predicted molar refractivity (Wildman–Crippen MR) is 129 cm³/mol. The molecular formula is C26H31ClN4. The van der Waals surface area contributed by atoms with Gasteiger partial charge in [0.05, 0.1) is 5.69 Å². The lowest BCUT2D eigenvalue weighted by atomic mass is 9.95. The molecule has 1 aliphatic carbocycles. The van der Waals surface area contributed by atoms with Crippen molar-refractivity contribution in [3.8, 4) is 17.1 Å². The van der Waals surface area contributed by atoms with Gasteiger partial charge in [0.25, 0.3) is 0 Å². The van der Waals surface area contributed by atoms with Gasteiger partial charge in [0, 0.05) is 45.2 Å². The molecule has 5 heteroatoms. The Morgan fingerprint density at radius 3 is 2.39 bits per heavy atom. The monoisotopic (exact) mass is 434 g/mol. The summed E-state index contributed by atoms with van der Waals surface area (Å²) in [6.07, 6.45) is 6.35. The molecule has 162 valence electrons. The van der Waals surface area contributed by atoms with Crippen LogP contribution in [0.1, 0.15) is 58.8 Å². The molecular weight excluding hydrogens is 404 g/mol. The van der Waals surface area contributed by atoms with E-state index < -0.39 is 0 Å². The van der Waals surface area contributed by atoms with E-state index in [1.54, 1.807) is 0 Å². The van der Waals surface area contributed by atoms with E-state index >= 15 is 0 Å². The van der Waals surface area contributed by atoms with Crippen LogP contribution in [0.3, 0.4) is 0 Å². The van der Waals surface area contributed by atoms with Crippen LogP contribution < -0.4 is 5.32 Å². The number of nitrogens with one attached hydrogen (secondary N) is 1. The Morgan fingerprint density at radius 2 is 1.77 bits per heavy atom. The van der Waals surface area contributed by atoms with Crippen LogP contribution in [0.25, 0.3) is 22.8 Å². The average Bonchev–Trinajstić information content (AvgIpc) is 3.44. The minimum Gasteiger partial charge on any atom is -0.380 e. The van der Waals surface area contributed by atoms with Gasteiger partial charge in [-0.3, -0.25) is 4.57 Å². The summed E-state index contributed by atoms with van der Waals surface area (Å²) in [7, 11) is 0. The van der Waals surface area contributed by atoms with Gasteiger partial charge in [-0.15, -0.1) is 0 Å². The van der Waals surface area contributed by atoms with Crippen LogP contribution >= 0.6 is 11.6 Å². The second kappa shape index (κ2) is 7.83. The van der Waals surface area contributed by atoms with Crippen molar-refractivity contribution in [1.82, 2.24) is 19.9 Å². The second-order valence-electron chi connectivity index (χ2n) is 10.1. The first kappa shape index (κ1) is 21.6. The summed E-state index contributed by atoms with van der Waals surface area (Å²) in [4.78, 5) is 9.60. The van der Waals surface area contributed by atoms with Gasteiger partial charge in [-0.25, -0.2) is 9.97 Å². The Hall–Kier alpha value is -2.59. The van der Waals surface area contributed by atoms with E-state index in [9.17, 15) is 0 Å². The minimum atomic E-state index is -0.106. The van der Waals surface area contributed by atoms with Crippen molar-refractivity contribution in [1.29, 1.82) is 0 Å². The van der Waals surface area contributed by atoms with Crippen molar-refractivity contribution < 1.29 is 0 Å². The SMILES string of the molecule is C=C(NC(C)(C)C1CC1)c1cc(-c2ccc(Cl)cc2)nc(-n2ccnc2C(C)(C)C)c1. The van der Waals surface area contributed by atoms with Gasteiger partial charge < -0.3 is 5.32 Å². The summed E-state index contributed by atoms with van der Waals surface area (Å²) in [6, 6.07) is 12.0. The highest BCUT2D eigenvalue weighted by molar-refractivity contribution is 6.30. The van der Waals surface area contributed by atoms with Gasteiger partial charge in [0.1, 0.15) is 11.6 Å². The molecule has 4 nitrogen and oxygen atoms in total. The standard InChI is InChI=1S/C26H31ClN4/c1-17(30-26(5,6)20-9-10-20)19-15-22(18-7-11-21(27)12-8-18)29-23(16-19)31-14-13-28-24(31)25(2,3)4/h7-8,11-16,20,30H,1,9-10H2,2-6H3. The molecule has 0 spiro atoms. The smallest absolute Gasteiger partial charge is 0.139 e. The molecule has 31 heavy (non-hydrogen) atoms. The van der Waals surface area contributed by atoms with E-state index in [0.717, 1.165) is 34.2 Å². The summed E-state index contributed by atoms with van der Waals surface area (Å²) in [5.41, 5.74) is 3.74. The van der Waals surface area contributed by atoms with Gasteiger partial charge in [-0.1, -0.05) is 51.1 Å². The van der Waals surface area contributed by atoms with Crippen molar-refractivity contribution in [2.45, 2.75) is 58.4 Å². The zero-order chi connectivity index (χ0) is 22.4. The molecule has 1 aromatic carbocycles. The van der Waals surface area contributed by atoms with E-state index in [2.05, 4.69) is 68.2 Å². The third kappa shape index (κ3) is 4.69. The Bertz CT molecular complexity index is 1100. The number of pyridine rings is 1. The maximum atomic E-state index is 6.12. The largest absolute Gasteiger partial charge is 0.380 e. The van der Waals surface area contributed by atoms with Crippen molar-refractivity contribution in [2.75, 3.05) is 0 Å². The molecule has 3 aromatic rings. The van der Waals surface area contributed by atoms with Crippen LogP contribution in [0.15, 0.2) is 55.4 Å². The minimum absolute atomic E-state index is 0.0204. The maximum absolute atomic E-state index is 6.12. The Labute approximate surface area is 190 Å². The fourth-order valence-corrected chi connectivity index (χ4v) is 4.12. The van der Waals surface area contributed by atoms with Crippen molar-refractivity contribution in [3.63, 3.8) is 0 Å². The first-order chi connectivity index (χ1) is 14.5. The Balaban J connectivity index is 1.80. The van der Waals surface area contributed by atoms with Gasteiger partial charge in [-0.05, 0) is 56.9 Å². The molecule has 4 rings (SSSR count). The topological polar surface area (TPSA) is 42.7 Å². The molecule has 1 saturated carbocycles. The molecule has 0 bridgehead atoms. The van der Waals surface area contributed by atoms with Gasteiger partial charge in [0.2, 0.25) is 0 Å². The van der Waals surface area contributed by atoms with Crippen LogP contribution in [0.2, 0.25) is 5.02 Å². The first-order valence-electron chi connectivity index (χ1n) is 10.8. The lowest BCUT2D eigenvalue weighted by Gasteiger charge is -2.29. The molecule has 0 atom stereocenters. The second-order valence-corrected chi connectivity index (χ2v) is 10.5. The molecule has 1 fully saturated rings. The number of benzene rings is 1. The Morgan fingerprint density at radius 1 is 1.10 bits per heavy atom. The summed E-state index contributed by atoms with van der Waals surface area (Å²) in [5.74, 6) is 2.50. The molecule has 0 unspecified atom stereocenters. The zero-order valence-corrected chi connectivity index (χ0v) is 19.8. The number of hydrogen-bond donors (Lipinski definition) is 1. The summed E-state index contributed by atoms with van der Waals surface area (Å²) >= 11 is 6.12. The number of halogens is 1. The number of imidazole rings is 1. The van der Waals surface area contributed by atoms with Crippen LogP contribution in [0.4, 0.5) is 0 Å². The normalized spacial score (nSPS) is 14.5. The summed E-state index contributed by atoms with van der Waals surface area (Å²) in [6.45, 7) is 15.4. The highest BCUT2D eigenvalue weighted by Crippen LogP contribution is 2.40. The van der Waals surface area contributed by atoms with Crippen molar-refractivity contribution in [3.05, 3.63) is 71.8 Å². The molecule has 0 radical (unpaired) electrons. The zero-order valence-electron chi connectivity index (χ0n) is 19.0. The lowest BCUT2D eigenvalue weighted by Crippen LogP contribution is -2.39. The first-order valence-corrected chi connectivity index (χ1v) is 11.2. The molecule has 2 heterocycles. The van der Waals surface area contributed by atoms with Crippen molar-refractivity contribution in [2.24, 2.45) is 5.92 Å². The van der Waals surface area contributed by atoms with E-state index in [4.69, 9.17) is 16.6 Å². The molecule has 1 aliphatic rings. The highest BCUT2D eigenvalue weighted by atomic mass is 35.5. The van der Waals surface area contributed by atoms with Gasteiger partial charge >= 0.3 is 0 Å². The molecule has 1 N–H and O–H groups in total. The number of nitrogens with zero attached hydrogens (tertiary/aromatic N) is 3. The lowest BCUT2D eigenvalue weighted by molar-refractivity contribution is 0.394. The van der Waals surface area contributed by atoms with Gasteiger partial charge in [0.15, 0.2) is 0 Å². The predicted octanol–water partition coefficient (Wildman–Crippen LogP) is 6.63. The molecule has 2 aromatic heterocycles. The number of aromatic nitrogens is 3. The third-order valence-corrected chi connectivity index (χ3v) is 6.18. The number of hydrogen-bond acceptors (Lipinski definition) is 3. The van der Waals surface area contributed by atoms with E-state index in [0.29, 0.717) is 10.9 Å². The number of rotatable bonds is 6. The molecule has 0 amide bonds. The van der Waals surface area contributed by atoms with E-state index in [1.807, 2.05) is 36.7 Å². The van der Waals surface area contributed by atoms with Crippen molar-refractivity contribution >= 4 is 17.3 Å². The molecule has 0 saturated heterocycles. The molecule has 0 aliphatic heterocycles. The van der Waals surface area contributed by atoms with Crippen LogP contribution in [0.5, 0.6) is 0 Å². The van der Waals surface area contributed by atoms with Crippen LogP contribution in [0, 0.1) is 5.92 Å². The van der Waals surface area contributed by atoms with Crippen LogP contribution in [-0.2, 0) is 5.41 Å².